The van der Waals surface area contributed by atoms with E-state index in [0.29, 0.717) is 17.9 Å². The van der Waals surface area contributed by atoms with Gasteiger partial charge in [0.25, 0.3) is 0 Å². The van der Waals surface area contributed by atoms with E-state index in [1.165, 1.54) is 25.7 Å². The fourth-order valence-corrected chi connectivity index (χ4v) is 3.87. The first kappa shape index (κ1) is 14.8. The monoisotopic (exact) mass is 267 g/mol. The topological polar surface area (TPSA) is 29.5 Å². The number of carbonyl (C=O) groups excluding carboxylic acids is 1. The van der Waals surface area contributed by atoms with Crippen molar-refractivity contribution in [2.45, 2.75) is 65.4 Å². The molecule has 2 atom stereocenters. The lowest BCUT2D eigenvalue weighted by molar-refractivity contribution is -0.154. The molecule has 1 aliphatic heterocycles. The van der Waals surface area contributed by atoms with Crippen molar-refractivity contribution in [1.82, 2.24) is 4.90 Å². The number of hydrogen-bond acceptors (Lipinski definition) is 3. The summed E-state index contributed by atoms with van der Waals surface area (Å²) in [5.41, 5.74) is 0.313. The van der Waals surface area contributed by atoms with Gasteiger partial charge in [0.2, 0.25) is 0 Å². The third-order valence-electron chi connectivity index (χ3n) is 4.45. The highest BCUT2D eigenvalue weighted by Gasteiger charge is 2.34. The Kier molecular flexibility index (Phi) is 4.88. The van der Waals surface area contributed by atoms with Crippen molar-refractivity contribution in [3.63, 3.8) is 0 Å². The molecule has 2 rings (SSSR count). The predicted molar refractivity (Wildman–Crippen MR) is 77.0 cm³/mol. The average molecular weight is 267 g/mol. The van der Waals surface area contributed by atoms with Crippen LogP contribution >= 0.6 is 0 Å². The maximum absolute atomic E-state index is 12.0. The van der Waals surface area contributed by atoms with E-state index in [0.717, 1.165) is 25.9 Å². The SMILES string of the molecule is C[C@H]1C[C@H](OC(=O)CN2CCCCC2)CC(C)(C)C1. The Balaban J connectivity index is 1.78. The third-order valence-corrected chi connectivity index (χ3v) is 4.45. The molecule has 0 spiro atoms. The van der Waals surface area contributed by atoms with Gasteiger partial charge in [-0.05, 0) is 56.5 Å². The molecule has 0 radical (unpaired) electrons. The Bertz CT molecular complexity index is 308. The van der Waals surface area contributed by atoms with E-state index in [-0.39, 0.29) is 12.1 Å². The second-order valence-corrected chi connectivity index (χ2v) is 7.36. The molecule has 3 nitrogen and oxygen atoms in total. The number of hydrogen-bond donors (Lipinski definition) is 0. The molecular weight excluding hydrogens is 238 g/mol. The van der Waals surface area contributed by atoms with Crippen LogP contribution in [0.3, 0.4) is 0 Å². The van der Waals surface area contributed by atoms with Gasteiger partial charge in [-0.15, -0.1) is 0 Å². The third kappa shape index (κ3) is 4.79. The van der Waals surface area contributed by atoms with Crippen LogP contribution in [0.5, 0.6) is 0 Å². The number of nitrogens with zero attached hydrogens (tertiary/aromatic N) is 1. The molecule has 0 aromatic carbocycles. The van der Waals surface area contributed by atoms with Crippen molar-refractivity contribution in [1.29, 1.82) is 0 Å². The summed E-state index contributed by atoms with van der Waals surface area (Å²) in [6, 6.07) is 0. The molecule has 2 aliphatic rings. The number of carbonyl (C=O) groups is 1. The molecule has 3 heteroatoms. The zero-order valence-corrected chi connectivity index (χ0v) is 12.8. The lowest BCUT2D eigenvalue weighted by atomic mass is 9.71. The van der Waals surface area contributed by atoms with E-state index in [1.807, 2.05) is 0 Å². The van der Waals surface area contributed by atoms with Crippen molar-refractivity contribution >= 4 is 5.97 Å². The van der Waals surface area contributed by atoms with Gasteiger partial charge in [0, 0.05) is 0 Å². The molecule has 110 valence electrons. The van der Waals surface area contributed by atoms with E-state index in [9.17, 15) is 4.79 Å². The first-order valence-corrected chi connectivity index (χ1v) is 7.86. The van der Waals surface area contributed by atoms with E-state index < -0.39 is 0 Å². The molecule has 0 amide bonds. The van der Waals surface area contributed by atoms with Crippen LogP contribution in [0.1, 0.15) is 59.3 Å². The molecular formula is C16H29NO2. The van der Waals surface area contributed by atoms with Gasteiger partial charge >= 0.3 is 5.97 Å². The van der Waals surface area contributed by atoms with Gasteiger partial charge in [-0.3, -0.25) is 9.69 Å². The molecule has 2 fully saturated rings. The smallest absolute Gasteiger partial charge is 0.320 e. The van der Waals surface area contributed by atoms with Crippen LogP contribution in [0.15, 0.2) is 0 Å². The van der Waals surface area contributed by atoms with Gasteiger partial charge in [0.15, 0.2) is 0 Å². The van der Waals surface area contributed by atoms with Crippen LogP contribution in [-0.2, 0) is 9.53 Å². The first-order valence-electron chi connectivity index (χ1n) is 7.86. The van der Waals surface area contributed by atoms with Crippen LogP contribution in [0, 0.1) is 11.3 Å². The summed E-state index contributed by atoms with van der Waals surface area (Å²) in [4.78, 5) is 14.3. The Labute approximate surface area is 117 Å². The molecule has 0 aromatic heterocycles. The fraction of sp³-hybridized carbons (Fsp3) is 0.938. The Morgan fingerprint density at radius 2 is 1.89 bits per heavy atom. The van der Waals surface area contributed by atoms with Gasteiger partial charge < -0.3 is 4.74 Å². The van der Waals surface area contributed by atoms with Crippen molar-refractivity contribution in [3.8, 4) is 0 Å². The van der Waals surface area contributed by atoms with Gasteiger partial charge in [0.1, 0.15) is 6.10 Å². The largest absolute Gasteiger partial charge is 0.461 e. The highest BCUT2D eigenvalue weighted by molar-refractivity contribution is 5.71. The van der Waals surface area contributed by atoms with Crippen molar-refractivity contribution in [3.05, 3.63) is 0 Å². The Hall–Kier alpha value is -0.570. The first-order chi connectivity index (χ1) is 8.94. The number of piperidine rings is 1. The lowest BCUT2D eigenvalue weighted by Gasteiger charge is -2.38. The minimum Gasteiger partial charge on any atom is -0.461 e. The standard InChI is InChI=1S/C16H29NO2/c1-13-9-14(11-16(2,3)10-13)19-15(18)12-17-7-5-4-6-8-17/h13-14H,4-12H2,1-3H3/t13-,14-/m0/s1. The van der Waals surface area contributed by atoms with Gasteiger partial charge in [-0.25, -0.2) is 0 Å². The molecule has 0 unspecified atom stereocenters. The van der Waals surface area contributed by atoms with Crippen molar-refractivity contribution < 1.29 is 9.53 Å². The van der Waals surface area contributed by atoms with Crippen LogP contribution < -0.4 is 0 Å². The summed E-state index contributed by atoms with van der Waals surface area (Å²) in [5.74, 6) is 0.647. The number of likely N-dealkylation sites (tertiary alicyclic amines) is 1. The Morgan fingerprint density at radius 3 is 2.53 bits per heavy atom. The number of ether oxygens (including phenoxy) is 1. The summed E-state index contributed by atoms with van der Waals surface area (Å²) in [5, 5.41) is 0. The van der Waals surface area contributed by atoms with Gasteiger partial charge in [0.05, 0.1) is 6.54 Å². The summed E-state index contributed by atoms with van der Waals surface area (Å²) in [7, 11) is 0. The molecule has 0 bridgehead atoms. The molecule has 1 aliphatic carbocycles. The van der Waals surface area contributed by atoms with E-state index in [4.69, 9.17) is 4.74 Å². The molecule has 1 saturated heterocycles. The van der Waals surface area contributed by atoms with E-state index in [2.05, 4.69) is 25.7 Å². The molecule has 0 N–H and O–H groups in total. The molecule has 0 aromatic rings. The van der Waals surface area contributed by atoms with Crippen molar-refractivity contribution in [2.75, 3.05) is 19.6 Å². The van der Waals surface area contributed by atoms with E-state index in [1.54, 1.807) is 0 Å². The lowest BCUT2D eigenvalue weighted by Crippen LogP contribution is -2.39. The summed E-state index contributed by atoms with van der Waals surface area (Å²) in [6.07, 6.45) is 7.18. The second-order valence-electron chi connectivity index (χ2n) is 7.36. The maximum Gasteiger partial charge on any atom is 0.320 e. The van der Waals surface area contributed by atoms with Crippen LogP contribution in [0.25, 0.3) is 0 Å². The van der Waals surface area contributed by atoms with E-state index >= 15 is 0 Å². The number of esters is 1. The summed E-state index contributed by atoms with van der Waals surface area (Å²) in [6.45, 7) is 9.45. The highest BCUT2D eigenvalue weighted by Crippen LogP contribution is 2.39. The summed E-state index contributed by atoms with van der Waals surface area (Å²) >= 11 is 0. The normalized spacial score (nSPS) is 31.9. The predicted octanol–water partition coefficient (Wildman–Crippen LogP) is 3.23. The van der Waals surface area contributed by atoms with Gasteiger partial charge in [-0.1, -0.05) is 27.2 Å². The zero-order chi connectivity index (χ0) is 13.9. The maximum atomic E-state index is 12.0. The minimum absolute atomic E-state index is 0.0169. The molecule has 19 heavy (non-hydrogen) atoms. The van der Waals surface area contributed by atoms with Crippen LogP contribution in [0.4, 0.5) is 0 Å². The highest BCUT2D eigenvalue weighted by atomic mass is 16.5. The zero-order valence-electron chi connectivity index (χ0n) is 12.8. The average Bonchev–Trinajstić information content (AvgIpc) is 2.26. The van der Waals surface area contributed by atoms with Crippen molar-refractivity contribution in [2.24, 2.45) is 11.3 Å². The Morgan fingerprint density at radius 1 is 1.21 bits per heavy atom. The van der Waals surface area contributed by atoms with Crippen LogP contribution in [0.2, 0.25) is 0 Å². The number of rotatable bonds is 3. The molecule has 1 saturated carbocycles. The minimum atomic E-state index is -0.0169. The fourth-order valence-electron chi connectivity index (χ4n) is 3.87. The molecule has 1 heterocycles. The van der Waals surface area contributed by atoms with Gasteiger partial charge in [-0.2, -0.15) is 0 Å². The quantitative estimate of drug-likeness (QED) is 0.735. The second kappa shape index (κ2) is 6.25. The van der Waals surface area contributed by atoms with Crippen LogP contribution in [-0.4, -0.2) is 36.6 Å². The summed E-state index contributed by atoms with van der Waals surface area (Å²) < 4.78 is 5.72.